The zero-order chi connectivity index (χ0) is 18.7. The van der Waals surface area contributed by atoms with Gasteiger partial charge in [0.15, 0.2) is 0 Å². The molecule has 2 aromatic carbocycles. The Kier molecular flexibility index (Phi) is 5.02. The number of carbonyl (C=O) groups excluding carboxylic acids is 1. The molecule has 26 heavy (non-hydrogen) atoms. The summed E-state index contributed by atoms with van der Waals surface area (Å²) in [6, 6.07) is 12.2. The van der Waals surface area contributed by atoms with Gasteiger partial charge in [-0.3, -0.25) is 4.79 Å². The van der Waals surface area contributed by atoms with Crippen molar-refractivity contribution in [2.24, 2.45) is 0 Å². The SMILES string of the molecule is CC(C)Oc1ccc2c(C(=O)NCc3ccccc3F)cc(=O)oc2c1. The monoisotopic (exact) mass is 355 g/mol. The molecular formula is C20H18FNO4. The van der Waals surface area contributed by atoms with Gasteiger partial charge in [-0.05, 0) is 32.0 Å². The molecule has 0 fully saturated rings. The van der Waals surface area contributed by atoms with Gasteiger partial charge in [-0.15, -0.1) is 0 Å². The summed E-state index contributed by atoms with van der Waals surface area (Å²) in [4.78, 5) is 24.3. The molecule has 0 spiro atoms. The molecule has 5 nitrogen and oxygen atoms in total. The molecule has 1 aromatic heterocycles. The van der Waals surface area contributed by atoms with Gasteiger partial charge < -0.3 is 14.5 Å². The zero-order valence-corrected chi connectivity index (χ0v) is 14.4. The van der Waals surface area contributed by atoms with E-state index < -0.39 is 17.3 Å². The number of nitrogens with one attached hydrogen (secondary N) is 1. The molecule has 134 valence electrons. The van der Waals surface area contributed by atoms with Gasteiger partial charge in [0.2, 0.25) is 0 Å². The van der Waals surface area contributed by atoms with Crippen molar-refractivity contribution >= 4 is 16.9 Å². The third kappa shape index (κ3) is 3.91. The van der Waals surface area contributed by atoms with Gasteiger partial charge in [-0.1, -0.05) is 18.2 Å². The smallest absolute Gasteiger partial charge is 0.337 e. The molecule has 1 amide bonds. The molecule has 0 aliphatic carbocycles. The second-order valence-electron chi connectivity index (χ2n) is 6.08. The summed E-state index contributed by atoms with van der Waals surface area (Å²) in [5, 5.41) is 3.11. The van der Waals surface area contributed by atoms with Crippen LogP contribution in [0.25, 0.3) is 11.0 Å². The van der Waals surface area contributed by atoms with E-state index in [-0.39, 0.29) is 23.8 Å². The maximum Gasteiger partial charge on any atom is 0.337 e. The lowest BCUT2D eigenvalue weighted by Gasteiger charge is -2.11. The molecule has 0 bridgehead atoms. The summed E-state index contributed by atoms with van der Waals surface area (Å²) >= 11 is 0. The molecule has 0 atom stereocenters. The van der Waals surface area contributed by atoms with Gasteiger partial charge in [0, 0.05) is 29.6 Å². The van der Waals surface area contributed by atoms with Crippen molar-refractivity contribution in [1.29, 1.82) is 0 Å². The van der Waals surface area contributed by atoms with Gasteiger partial charge >= 0.3 is 5.63 Å². The van der Waals surface area contributed by atoms with Gasteiger partial charge in [0.05, 0.1) is 11.7 Å². The van der Waals surface area contributed by atoms with E-state index in [1.54, 1.807) is 36.4 Å². The molecule has 0 unspecified atom stereocenters. The summed E-state index contributed by atoms with van der Waals surface area (Å²) in [5.41, 5.74) is 0.145. The van der Waals surface area contributed by atoms with Crippen LogP contribution in [0.4, 0.5) is 4.39 Å². The van der Waals surface area contributed by atoms with Crippen molar-refractivity contribution in [3.63, 3.8) is 0 Å². The Labute approximate surface area is 149 Å². The second-order valence-corrected chi connectivity index (χ2v) is 6.08. The first-order valence-corrected chi connectivity index (χ1v) is 8.20. The summed E-state index contributed by atoms with van der Waals surface area (Å²) in [6.45, 7) is 3.78. The van der Waals surface area contributed by atoms with E-state index in [9.17, 15) is 14.0 Å². The minimum Gasteiger partial charge on any atom is -0.491 e. The predicted molar refractivity (Wildman–Crippen MR) is 95.8 cm³/mol. The number of hydrogen-bond donors (Lipinski definition) is 1. The summed E-state index contributed by atoms with van der Waals surface area (Å²) in [7, 11) is 0. The van der Waals surface area contributed by atoms with Crippen LogP contribution in [0, 0.1) is 5.82 Å². The summed E-state index contributed by atoms with van der Waals surface area (Å²) in [6.07, 6.45) is -0.0357. The molecule has 6 heteroatoms. The van der Waals surface area contributed by atoms with E-state index in [4.69, 9.17) is 9.15 Å². The Morgan fingerprint density at radius 3 is 2.69 bits per heavy atom. The number of rotatable bonds is 5. The number of amides is 1. The first-order chi connectivity index (χ1) is 12.4. The van der Waals surface area contributed by atoms with Crippen molar-refractivity contribution in [3.8, 4) is 5.75 Å². The topological polar surface area (TPSA) is 68.5 Å². The quantitative estimate of drug-likeness (QED) is 0.710. The number of benzene rings is 2. The normalized spacial score (nSPS) is 10.9. The molecule has 0 aliphatic heterocycles. The fourth-order valence-electron chi connectivity index (χ4n) is 2.59. The van der Waals surface area contributed by atoms with E-state index in [1.165, 1.54) is 6.07 Å². The van der Waals surface area contributed by atoms with Gasteiger partial charge in [0.25, 0.3) is 5.91 Å². The van der Waals surface area contributed by atoms with Crippen LogP contribution >= 0.6 is 0 Å². The van der Waals surface area contributed by atoms with Crippen LogP contribution < -0.4 is 15.7 Å². The lowest BCUT2D eigenvalue weighted by atomic mass is 10.1. The number of hydrogen-bond acceptors (Lipinski definition) is 4. The standard InChI is InChI=1S/C20H18FNO4/c1-12(2)25-14-7-8-15-16(10-19(23)26-18(15)9-14)20(24)22-11-13-5-3-4-6-17(13)21/h3-10,12H,11H2,1-2H3,(H,22,24). The maximum atomic E-state index is 13.7. The van der Waals surface area contributed by atoms with Crippen molar-refractivity contribution in [1.82, 2.24) is 5.32 Å². The second kappa shape index (κ2) is 7.39. The highest BCUT2D eigenvalue weighted by atomic mass is 19.1. The van der Waals surface area contributed by atoms with Crippen LogP contribution in [0.5, 0.6) is 5.75 Å². The molecule has 3 rings (SSSR count). The van der Waals surface area contributed by atoms with E-state index >= 15 is 0 Å². The molecule has 3 aromatic rings. The van der Waals surface area contributed by atoms with Crippen molar-refractivity contribution in [3.05, 3.63) is 75.9 Å². The summed E-state index contributed by atoms with van der Waals surface area (Å²) < 4.78 is 24.4. The van der Waals surface area contributed by atoms with Crippen LogP contribution in [0.2, 0.25) is 0 Å². The van der Waals surface area contributed by atoms with E-state index in [0.29, 0.717) is 16.7 Å². The van der Waals surface area contributed by atoms with E-state index in [0.717, 1.165) is 6.07 Å². The lowest BCUT2D eigenvalue weighted by molar-refractivity contribution is 0.0951. The Morgan fingerprint density at radius 1 is 1.19 bits per heavy atom. The first kappa shape index (κ1) is 17.7. The fourth-order valence-corrected chi connectivity index (χ4v) is 2.59. The van der Waals surface area contributed by atoms with Crippen molar-refractivity contribution < 1.29 is 18.3 Å². The minimum atomic E-state index is -0.643. The third-order valence-electron chi connectivity index (χ3n) is 3.73. The van der Waals surface area contributed by atoms with Crippen LogP contribution in [0.15, 0.2) is 57.7 Å². The molecule has 1 N–H and O–H groups in total. The number of carbonyl (C=O) groups is 1. The van der Waals surface area contributed by atoms with Crippen LogP contribution in [0.3, 0.4) is 0 Å². The van der Waals surface area contributed by atoms with E-state index in [2.05, 4.69) is 5.32 Å². The summed E-state index contributed by atoms with van der Waals surface area (Å²) in [5.74, 6) is -0.344. The van der Waals surface area contributed by atoms with Crippen LogP contribution in [-0.2, 0) is 6.54 Å². The molecule has 0 aliphatic rings. The molecule has 0 saturated heterocycles. The van der Waals surface area contributed by atoms with Crippen LogP contribution in [-0.4, -0.2) is 12.0 Å². The highest BCUT2D eigenvalue weighted by Crippen LogP contribution is 2.23. The Hall–Kier alpha value is -3.15. The van der Waals surface area contributed by atoms with Crippen molar-refractivity contribution in [2.45, 2.75) is 26.5 Å². The zero-order valence-electron chi connectivity index (χ0n) is 14.4. The third-order valence-corrected chi connectivity index (χ3v) is 3.73. The molecule has 1 heterocycles. The van der Waals surface area contributed by atoms with Gasteiger partial charge in [-0.25, -0.2) is 9.18 Å². The van der Waals surface area contributed by atoms with E-state index in [1.807, 2.05) is 13.8 Å². The average molecular weight is 355 g/mol. The Morgan fingerprint density at radius 2 is 1.96 bits per heavy atom. The highest BCUT2D eigenvalue weighted by molar-refractivity contribution is 6.05. The number of ether oxygens (including phenoxy) is 1. The maximum absolute atomic E-state index is 13.7. The van der Waals surface area contributed by atoms with Gasteiger partial charge in [0.1, 0.15) is 17.1 Å². The lowest BCUT2D eigenvalue weighted by Crippen LogP contribution is -2.24. The number of fused-ring (bicyclic) bond motifs is 1. The van der Waals surface area contributed by atoms with Crippen molar-refractivity contribution in [2.75, 3.05) is 0 Å². The fraction of sp³-hybridized carbons (Fsp3) is 0.200. The largest absolute Gasteiger partial charge is 0.491 e. The van der Waals surface area contributed by atoms with Gasteiger partial charge in [-0.2, -0.15) is 0 Å². The highest BCUT2D eigenvalue weighted by Gasteiger charge is 2.14. The molecular weight excluding hydrogens is 337 g/mol. The molecule has 0 saturated carbocycles. The predicted octanol–water partition coefficient (Wildman–Crippen LogP) is 3.65. The Balaban J connectivity index is 1.90. The molecule has 0 radical (unpaired) electrons. The minimum absolute atomic E-state index is 0.0156. The number of halogens is 1. The first-order valence-electron chi connectivity index (χ1n) is 8.20. The average Bonchev–Trinajstić information content (AvgIpc) is 2.59. The van der Waals surface area contributed by atoms with Crippen LogP contribution in [0.1, 0.15) is 29.8 Å². The Bertz CT molecular complexity index is 1010.